The van der Waals surface area contributed by atoms with Crippen LogP contribution in [0.4, 0.5) is 0 Å². The lowest BCUT2D eigenvalue weighted by Crippen LogP contribution is -2.22. The maximum Gasteiger partial charge on any atom is 0.123 e. The highest BCUT2D eigenvalue weighted by atomic mass is 32.2. The Labute approximate surface area is 148 Å². The molecule has 1 aromatic heterocycles. The highest BCUT2D eigenvalue weighted by Gasteiger charge is 2.20. The van der Waals surface area contributed by atoms with Crippen molar-refractivity contribution in [3.05, 3.63) is 48.2 Å². The number of aliphatic hydroxyl groups is 1. The number of rotatable bonds is 7. The second-order valence-electron chi connectivity index (χ2n) is 6.56. The van der Waals surface area contributed by atoms with Gasteiger partial charge >= 0.3 is 0 Å². The Bertz CT molecular complexity index is 641. The molecule has 130 valence electrons. The van der Waals surface area contributed by atoms with Crippen molar-refractivity contribution in [1.29, 1.82) is 0 Å². The van der Waals surface area contributed by atoms with E-state index in [-0.39, 0.29) is 12.0 Å². The van der Waals surface area contributed by atoms with Crippen molar-refractivity contribution in [1.82, 2.24) is 4.98 Å². The largest absolute Gasteiger partial charge is 0.497 e. The van der Waals surface area contributed by atoms with Crippen LogP contribution in [0.15, 0.2) is 47.6 Å². The summed E-state index contributed by atoms with van der Waals surface area (Å²) in [6, 6.07) is 11.5. The molecule has 2 rings (SSSR count). The van der Waals surface area contributed by atoms with Crippen molar-refractivity contribution >= 4 is 11.8 Å². The van der Waals surface area contributed by atoms with Crippen molar-refractivity contribution in [2.75, 3.05) is 19.5 Å². The standard InChI is InChI=1S/C19H25NO3S/c1-19(2,3)16-11-15(22-4)8-9-17(16)23-12-14(21)13-24-18-7-5-6-10-20-18/h5-11,14,21H,12-13H2,1-4H3. The highest BCUT2D eigenvalue weighted by molar-refractivity contribution is 7.99. The first-order chi connectivity index (χ1) is 11.4. The van der Waals surface area contributed by atoms with E-state index in [0.717, 1.165) is 22.1 Å². The normalized spacial score (nSPS) is 12.7. The Hall–Kier alpha value is -1.72. The van der Waals surface area contributed by atoms with Crippen LogP contribution >= 0.6 is 11.8 Å². The average molecular weight is 347 g/mol. The summed E-state index contributed by atoms with van der Waals surface area (Å²) < 4.78 is 11.2. The minimum atomic E-state index is -0.563. The van der Waals surface area contributed by atoms with Gasteiger partial charge in [-0.3, -0.25) is 0 Å². The quantitative estimate of drug-likeness (QED) is 0.769. The van der Waals surface area contributed by atoms with E-state index in [0.29, 0.717) is 5.75 Å². The lowest BCUT2D eigenvalue weighted by molar-refractivity contribution is 0.125. The van der Waals surface area contributed by atoms with Gasteiger partial charge in [-0.25, -0.2) is 4.98 Å². The summed E-state index contributed by atoms with van der Waals surface area (Å²) in [6.45, 7) is 6.63. The zero-order chi connectivity index (χ0) is 17.6. The minimum Gasteiger partial charge on any atom is -0.497 e. The first-order valence-corrected chi connectivity index (χ1v) is 8.92. The van der Waals surface area contributed by atoms with Crippen LogP contribution < -0.4 is 9.47 Å². The summed E-state index contributed by atoms with van der Waals surface area (Å²) in [4.78, 5) is 4.23. The Kier molecular flexibility index (Phi) is 6.52. The number of hydrogen-bond donors (Lipinski definition) is 1. The molecule has 1 N–H and O–H groups in total. The van der Waals surface area contributed by atoms with E-state index >= 15 is 0 Å². The third-order valence-electron chi connectivity index (χ3n) is 3.49. The molecule has 0 aliphatic carbocycles. The molecule has 0 fully saturated rings. The molecule has 0 saturated carbocycles. The molecule has 1 heterocycles. The van der Waals surface area contributed by atoms with Crippen molar-refractivity contribution < 1.29 is 14.6 Å². The number of thioether (sulfide) groups is 1. The monoisotopic (exact) mass is 347 g/mol. The van der Waals surface area contributed by atoms with E-state index in [2.05, 4.69) is 25.8 Å². The number of hydrogen-bond acceptors (Lipinski definition) is 5. The molecule has 0 amide bonds. The molecule has 1 unspecified atom stereocenters. The molecule has 0 aliphatic heterocycles. The Morgan fingerprint density at radius 1 is 1.21 bits per heavy atom. The van der Waals surface area contributed by atoms with E-state index in [1.54, 1.807) is 13.3 Å². The zero-order valence-electron chi connectivity index (χ0n) is 14.7. The molecule has 1 aromatic carbocycles. The van der Waals surface area contributed by atoms with Gasteiger partial charge in [-0.2, -0.15) is 0 Å². The second kappa shape index (κ2) is 8.40. The predicted molar refractivity (Wildman–Crippen MR) is 98.2 cm³/mol. The van der Waals surface area contributed by atoms with E-state index in [4.69, 9.17) is 9.47 Å². The maximum atomic E-state index is 10.2. The Balaban J connectivity index is 1.95. The van der Waals surface area contributed by atoms with E-state index in [1.807, 2.05) is 36.4 Å². The van der Waals surface area contributed by atoms with E-state index < -0.39 is 6.10 Å². The second-order valence-corrected chi connectivity index (χ2v) is 7.60. The predicted octanol–water partition coefficient (Wildman–Crippen LogP) is 3.92. The summed E-state index contributed by atoms with van der Waals surface area (Å²) >= 11 is 1.52. The first kappa shape index (κ1) is 18.6. The smallest absolute Gasteiger partial charge is 0.123 e. The van der Waals surface area contributed by atoms with Crippen LogP contribution in [-0.4, -0.2) is 35.7 Å². The molecule has 0 aliphatic rings. The first-order valence-electron chi connectivity index (χ1n) is 7.93. The molecule has 0 spiro atoms. The van der Waals surface area contributed by atoms with Gasteiger partial charge in [-0.15, -0.1) is 11.8 Å². The lowest BCUT2D eigenvalue weighted by atomic mass is 9.86. The third-order valence-corrected chi connectivity index (χ3v) is 4.58. The molecular weight excluding hydrogens is 322 g/mol. The fourth-order valence-corrected chi connectivity index (χ4v) is 2.97. The van der Waals surface area contributed by atoms with Crippen molar-refractivity contribution in [2.24, 2.45) is 0 Å². The van der Waals surface area contributed by atoms with Gasteiger partial charge < -0.3 is 14.6 Å². The zero-order valence-corrected chi connectivity index (χ0v) is 15.5. The topological polar surface area (TPSA) is 51.6 Å². The third kappa shape index (κ3) is 5.42. The summed E-state index contributed by atoms with van der Waals surface area (Å²) in [5.41, 5.74) is 0.990. The SMILES string of the molecule is COc1ccc(OCC(O)CSc2ccccn2)c(C(C)(C)C)c1. The minimum absolute atomic E-state index is 0.0719. The molecule has 0 bridgehead atoms. The molecule has 0 radical (unpaired) electrons. The lowest BCUT2D eigenvalue weighted by Gasteiger charge is -2.24. The van der Waals surface area contributed by atoms with Gasteiger partial charge in [0, 0.05) is 17.5 Å². The number of aliphatic hydroxyl groups excluding tert-OH is 1. The number of pyridine rings is 1. The van der Waals surface area contributed by atoms with Gasteiger partial charge in [0.2, 0.25) is 0 Å². The number of aromatic nitrogens is 1. The maximum absolute atomic E-state index is 10.2. The van der Waals surface area contributed by atoms with Gasteiger partial charge in [-0.1, -0.05) is 26.8 Å². The fraction of sp³-hybridized carbons (Fsp3) is 0.421. The Morgan fingerprint density at radius 2 is 2.00 bits per heavy atom. The number of ether oxygens (including phenoxy) is 2. The molecule has 1 atom stereocenters. The van der Waals surface area contributed by atoms with Gasteiger partial charge in [0.25, 0.3) is 0 Å². The van der Waals surface area contributed by atoms with Crippen LogP contribution in [0.3, 0.4) is 0 Å². The van der Waals surface area contributed by atoms with Crippen molar-refractivity contribution in [3.8, 4) is 11.5 Å². The average Bonchev–Trinajstić information content (AvgIpc) is 2.58. The molecule has 24 heavy (non-hydrogen) atoms. The number of nitrogens with zero attached hydrogens (tertiary/aromatic N) is 1. The van der Waals surface area contributed by atoms with Crippen LogP contribution in [0.5, 0.6) is 11.5 Å². The van der Waals surface area contributed by atoms with E-state index in [1.165, 1.54) is 11.8 Å². The van der Waals surface area contributed by atoms with Crippen LogP contribution in [0.25, 0.3) is 0 Å². The Morgan fingerprint density at radius 3 is 2.62 bits per heavy atom. The van der Waals surface area contributed by atoms with Gasteiger partial charge in [0.1, 0.15) is 18.1 Å². The molecule has 4 nitrogen and oxygen atoms in total. The van der Waals surface area contributed by atoms with Crippen molar-refractivity contribution in [2.45, 2.75) is 37.3 Å². The van der Waals surface area contributed by atoms with Crippen LogP contribution in [0, 0.1) is 0 Å². The molecule has 2 aromatic rings. The molecular formula is C19H25NO3S. The number of methoxy groups -OCH3 is 1. The highest BCUT2D eigenvalue weighted by Crippen LogP contribution is 2.34. The van der Waals surface area contributed by atoms with Crippen LogP contribution in [0.2, 0.25) is 0 Å². The van der Waals surface area contributed by atoms with Crippen LogP contribution in [-0.2, 0) is 5.41 Å². The van der Waals surface area contributed by atoms with E-state index in [9.17, 15) is 5.11 Å². The van der Waals surface area contributed by atoms with Crippen LogP contribution in [0.1, 0.15) is 26.3 Å². The van der Waals surface area contributed by atoms with Gasteiger partial charge in [0.05, 0.1) is 18.2 Å². The van der Waals surface area contributed by atoms with Gasteiger partial charge in [0.15, 0.2) is 0 Å². The number of benzene rings is 1. The fourth-order valence-electron chi connectivity index (χ4n) is 2.20. The summed E-state index contributed by atoms with van der Waals surface area (Å²) in [7, 11) is 1.65. The molecule has 5 heteroatoms. The summed E-state index contributed by atoms with van der Waals surface area (Å²) in [5, 5.41) is 11.1. The summed E-state index contributed by atoms with van der Waals surface area (Å²) in [6.07, 6.45) is 1.19. The van der Waals surface area contributed by atoms with Gasteiger partial charge in [-0.05, 0) is 35.7 Å². The molecule has 0 saturated heterocycles. The van der Waals surface area contributed by atoms with Crippen molar-refractivity contribution in [3.63, 3.8) is 0 Å². The summed E-state index contributed by atoms with van der Waals surface area (Å²) in [5.74, 6) is 2.13.